The number of hydrogen-bond donors (Lipinski definition) is 1. The molecule has 7 heteroatoms. The maximum absolute atomic E-state index is 4.66. The lowest BCUT2D eigenvalue weighted by Gasteiger charge is -2.32. The van der Waals surface area contributed by atoms with E-state index in [9.17, 15) is 0 Å². The summed E-state index contributed by atoms with van der Waals surface area (Å²) in [5, 5.41) is 5.55. The highest BCUT2D eigenvalue weighted by molar-refractivity contribution is 7.15. The molecule has 0 saturated carbocycles. The second-order valence-corrected chi connectivity index (χ2v) is 6.49. The molecule has 1 aliphatic heterocycles. The molecule has 22 heavy (non-hydrogen) atoms. The normalized spacial score (nSPS) is 17.1. The van der Waals surface area contributed by atoms with E-state index in [0.717, 1.165) is 48.9 Å². The molecule has 0 amide bonds. The Morgan fingerprint density at radius 2 is 2.23 bits per heavy atom. The van der Waals surface area contributed by atoms with Crippen LogP contribution in [0, 0.1) is 0 Å². The van der Waals surface area contributed by atoms with Crippen molar-refractivity contribution in [2.45, 2.75) is 25.4 Å². The molecule has 1 aliphatic rings. The molecule has 0 bridgehead atoms. The van der Waals surface area contributed by atoms with Crippen LogP contribution in [0.4, 0.5) is 5.82 Å². The fourth-order valence-corrected chi connectivity index (χ4v) is 3.62. The van der Waals surface area contributed by atoms with Crippen molar-refractivity contribution in [3.05, 3.63) is 42.1 Å². The molecule has 1 saturated heterocycles. The number of piperidine rings is 1. The Bertz CT molecular complexity index is 700. The van der Waals surface area contributed by atoms with Crippen LogP contribution < -0.4 is 5.32 Å². The first-order valence-electron chi connectivity index (χ1n) is 7.53. The van der Waals surface area contributed by atoms with Gasteiger partial charge in [-0.1, -0.05) is 0 Å². The van der Waals surface area contributed by atoms with Crippen molar-refractivity contribution in [3.63, 3.8) is 0 Å². The topological polar surface area (TPSA) is 58.4 Å². The van der Waals surface area contributed by atoms with E-state index >= 15 is 0 Å². The molecular formula is C15H18N6S. The Morgan fingerprint density at radius 1 is 1.32 bits per heavy atom. The fraction of sp³-hybridized carbons (Fsp3) is 0.400. The van der Waals surface area contributed by atoms with E-state index in [4.69, 9.17) is 0 Å². The van der Waals surface area contributed by atoms with Crippen molar-refractivity contribution in [3.8, 4) is 0 Å². The van der Waals surface area contributed by atoms with Gasteiger partial charge in [0.25, 0.3) is 0 Å². The van der Waals surface area contributed by atoms with E-state index in [2.05, 4.69) is 47.3 Å². The largest absolute Gasteiger partial charge is 0.367 e. The number of nitrogens with one attached hydrogen (secondary N) is 1. The summed E-state index contributed by atoms with van der Waals surface area (Å²) in [6, 6.07) is 2.42. The average Bonchev–Trinajstić information content (AvgIpc) is 3.12. The Balaban J connectivity index is 1.31. The lowest BCUT2D eigenvalue weighted by molar-refractivity contribution is 0.209. The third-order valence-corrected chi connectivity index (χ3v) is 4.82. The van der Waals surface area contributed by atoms with E-state index < -0.39 is 0 Å². The molecule has 6 nitrogen and oxygen atoms in total. The van der Waals surface area contributed by atoms with Gasteiger partial charge in [0.1, 0.15) is 12.1 Å². The summed E-state index contributed by atoms with van der Waals surface area (Å²) in [6.45, 7) is 3.12. The predicted octanol–water partition coefficient (Wildman–Crippen LogP) is 2.26. The highest BCUT2D eigenvalue weighted by Crippen LogP contribution is 2.18. The van der Waals surface area contributed by atoms with Crippen LogP contribution in [-0.2, 0) is 6.54 Å². The maximum atomic E-state index is 4.66. The molecule has 0 atom stereocenters. The molecule has 114 valence electrons. The fourth-order valence-electron chi connectivity index (χ4n) is 2.90. The molecule has 0 radical (unpaired) electrons. The molecule has 1 N–H and O–H groups in total. The molecule has 0 aliphatic carbocycles. The van der Waals surface area contributed by atoms with E-state index in [1.807, 2.05) is 6.07 Å². The van der Waals surface area contributed by atoms with Gasteiger partial charge in [-0.25, -0.2) is 15.0 Å². The van der Waals surface area contributed by atoms with Gasteiger partial charge < -0.3 is 5.32 Å². The lowest BCUT2D eigenvalue weighted by Crippen LogP contribution is -2.38. The molecule has 0 unspecified atom stereocenters. The minimum atomic E-state index is 0.497. The molecule has 0 aromatic carbocycles. The Hall–Kier alpha value is -1.99. The van der Waals surface area contributed by atoms with Crippen LogP contribution in [0.5, 0.6) is 0 Å². The van der Waals surface area contributed by atoms with Crippen LogP contribution in [0.2, 0.25) is 0 Å². The van der Waals surface area contributed by atoms with Gasteiger partial charge in [0.2, 0.25) is 0 Å². The molecule has 3 aromatic heterocycles. The van der Waals surface area contributed by atoms with Crippen molar-refractivity contribution in [1.82, 2.24) is 24.3 Å². The van der Waals surface area contributed by atoms with E-state index in [0.29, 0.717) is 6.04 Å². The number of thiazole rings is 1. The zero-order valence-electron chi connectivity index (χ0n) is 12.2. The van der Waals surface area contributed by atoms with E-state index in [1.54, 1.807) is 23.9 Å². The molecule has 1 fully saturated rings. The standard InChI is InChI=1S/C15H18N6S/c1-4-16-11-17-14(1)18-12-2-5-20(6-3-12)9-13-10-21-7-8-22-15(21)19-13/h1,4,7-8,10-12H,2-3,5-6,9H2,(H,16,17,18). The van der Waals surface area contributed by atoms with Gasteiger partial charge in [-0.05, 0) is 18.9 Å². The van der Waals surface area contributed by atoms with Crippen LogP contribution in [0.25, 0.3) is 4.96 Å². The number of nitrogens with zero attached hydrogens (tertiary/aromatic N) is 5. The van der Waals surface area contributed by atoms with Crippen molar-refractivity contribution >= 4 is 22.1 Å². The smallest absolute Gasteiger partial charge is 0.193 e. The zero-order valence-corrected chi connectivity index (χ0v) is 13.0. The average molecular weight is 314 g/mol. The van der Waals surface area contributed by atoms with Gasteiger partial charge in [-0.3, -0.25) is 9.30 Å². The van der Waals surface area contributed by atoms with E-state index in [-0.39, 0.29) is 0 Å². The van der Waals surface area contributed by atoms with Crippen LogP contribution in [-0.4, -0.2) is 43.4 Å². The van der Waals surface area contributed by atoms with Gasteiger partial charge in [-0.2, -0.15) is 0 Å². The highest BCUT2D eigenvalue weighted by atomic mass is 32.1. The lowest BCUT2D eigenvalue weighted by atomic mass is 10.0. The number of fused-ring (bicyclic) bond motifs is 1. The minimum absolute atomic E-state index is 0.497. The first-order valence-corrected chi connectivity index (χ1v) is 8.41. The zero-order chi connectivity index (χ0) is 14.8. The molecule has 3 aromatic rings. The summed E-state index contributed by atoms with van der Waals surface area (Å²) >= 11 is 1.68. The van der Waals surface area contributed by atoms with Crippen molar-refractivity contribution < 1.29 is 0 Å². The van der Waals surface area contributed by atoms with Gasteiger partial charge in [0, 0.05) is 49.6 Å². The van der Waals surface area contributed by atoms with E-state index in [1.165, 1.54) is 0 Å². The molecule has 4 heterocycles. The number of likely N-dealkylation sites (tertiary alicyclic amines) is 1. The van der Waals surface area contributed by atoms with Crippen LogP contribution in [0.1, 0.15) is 18.5 Å². The summed E-state index contributed by atoms with van der Waals surface area (Å²) in [4.78, 5) is 16.4. The Morgan fingerprint density at radius 3 is 3.00 bits per heavy atom. The Labute approximate surface area is 132 Å². The first kappa shape index (κ1) is 13.7. The quantitative estimate of drug-likeness (QED) is 0.800. The maximum Gasteiger partial charge on any atom is 0.193 e. The van der Waals surface area contributed by atoms with Crippen molar-refractivity contribution in [2.24, 2.45) is 0 Å². The summed E-state index contributed by atoms with van der Waals surface area (Å²) in [7, 11) is 0. The first-order chi connectivity index (χ1) is 10.9. The molecular weight excluding hydrogens is 296 g/mol. The van der Waals surface area contributed by atoms with Crippen LogP contribution in [0.3, 0.4) is 0 Å². The Kier molecular flexibility index (Phi) is 3.74. The number of imidazole rings is 1. The minimum Gasteiger partial charge on any atom is -0.367 e. The second-order valence-electron chi connectivity index (χ2n) is 5.61. The van der Waals surface area contributed by atoms with Crippen molar-refractivity contribution in [1.29, 1.82) is 0 Å². The van der Waals surface area contributed by atoms with Crippen molar-refractivity contribution in [2.75, 3.05) is 18.4 Å². The van der Waals surface area contributed by atoms with Gasteiger partial charge in [0.15, 0.2) is 4.96 Å². The predicted molar refractivity (Wildman–Crippen MR) is 87.0 cm³/mol. The summed E-state index contributed by atoms with van der Waals surface area (Å²) in [6.07, 6.45) is 9.82. The van der Waals surface area contributed by atoms with Crippen LogP contribution >= 0.6 is 11.3 Å². The van der Waals surface area contributed by atoms with Gasteiger partial charge in [0.05, 0.1) is 5.69 Å². The summed E-state index contributed by atoms with van der Waals surface area (Å²) in [5.41, 5.74) is 1.16. The summed E-state index contributed by atoms with van der Waals surface area (Å²) < 4.78 is 2.10. The monoisotopic (exact) mass is 314 g/mol. The van der Waals surface area contributed by atoms with Crippen LogP contribution in [0.15, 0.2) is 36.4 Å². The number of aromatic nitrogens is 4. The van der Waals surface area contributed by atoms with Gasteiger partial charge in [-0.15, -0.1) is 11.3 Å². The third kappa shape index (κ3) is 2.95. The summed E-state index contributed by atoms with van der Waals surface area (Å²) in [5.74, 6) is 0.919. The number of hydrogen-bond acceptors (Lipinski definition) is 6. The molecule has 4 rings (SSSR count). The SMILES string of the molecule is c1cc(NC2CCN(Cc3cn4ccsc4n3)CC2)ncn1. The van der Waals surface area contributed by atoms with Gasteiger partial charge >= 0.3 is 0 Å². The number of anilines is 1. The second kappa shape index (κ2) is 6.02. The number of rotatable bonds is 4. The molecule has 0 spiro atoms. The highest BCUT2D eigenvalue weighted by Gasteiger charge is 2.20. The third-order valence-electron chi connectivity index (χ3n) is 4.05.